The molecule has 2 aromatic heterocycles. The third-order valence-electron chi connectivity index (χ3n) is 5.12. The maximum atomic E-state index is 12.9. The van der Waals surface area contributed by atoms with E-state index in [9.17, 15) is 18.0 Å². The van der Waals surface area contributed by atoms with E-state index < -0.39 is 15.9 Å². The number of sulfonamides is 1. The minimum atomic E-state index is -3.81. The van der Waals surface area contributed by atoms with E-state index in [1.807, 2.05) is 25.1 Å². The van der Waals surface area contributed by atoms with Crippen LogP contribution in [0.2, 0.25) is 0 Å². The number of benzene rings is 2. The van der Waals surface area contributed by atoms with E-state index in [4.69, 9.17) is 4.42 Å². The van der Waals surface area contributed by atoms with Crippen LogP contribution in [-0.2, 0) is 34.5 Å². The van der Waals surface area contributed by atoms with Crippen LogP contribution in [0.5, 0.6) is 0 Å². The molecule has 2 heterocycles. The monoisotopic (exact) mass is 468 g/mol. The summed E-state index contributed by atoms with van der Waals surface area (Å²) in [5, 5.41) is 2.69. The molecule has 2 N–H and O–H groups in total. The number of aryl methyl sites for hydroxylation is 1. The van der Waals surface area contributed by atoms with Gasteiger partial charge >= 0.3 is 5.69 Å². The van der Waals surface area contributed by atoms with Gasteiger partial charge in [-0.1, -0.05) is 25.1 Å². The van der Waals surface area contributed by atoms with Gasteiger partial charge in [0.1, 0.15) is 12.3 Å². The predicted octanol–water partition coefficient (Wildman–Crippen LogP) is 2.92. The molecule has 4 rings (SSSR count). The molecule has 0 bridgehead atoms. The van der Waals surface area contributed by atoms with Gasteiger partial charge in [0.15, 0.2) is 0 Å². The van der Waals surface area contributed by atoms with Crippen molar-refractivity contribution in [3.05, 3.63) is 83.2 Å². The largest absolute Gasteiger partial charge is 0.468 e. The second-order valence-corrected chi connectivity index (χ2v) is 9.26. The molecule has 0 saturated heterocycles. The van der Waals surface area contributed by atoms with Crippen LogP contribution in [0.4, 0.5) is 5.69 Å². The van der Waals surface area contributed by atoms with Crippen molar-refractivity contribution in [3.8, 4) is 0 Å². The normalized spacial score (nSPS) is 11.7. The summed E-state index contributed by atoms with van der Waals surface area (Å²) in [6, 6.07) is 16.6. The van der Waals surface area contributed by atoms with Crippen molar-refractivity contribution >= 4 is 32.7 Å². The Morgan fingerprint density at radius 1 is 1.00 bits per heavy atom. The smallest absolute Gasteiger partial charge is 0.329 e. The van der Waals surface area contributed by atoms with Crippen molar-refractivity contribution in [2.45, 2.75) is 37.9 Å². The highest BCUT2D eigenvalue weighted by atomic mass is 32.2. The number of imidazole rings is 1. The summed E-state index contributed by atoms with van der Waals surface area (Å²) in [7, 11) is -3.81. The lowest BCUT2D eigenvalue weighted by atomic mass is 10.3. The number of nitrogens with one attached hydrogen (secondary N) is 2. The molecule has 0 aliphatic heterocycles. The van der Waals surface area contributed by atoms with Gasteiger partial charge in [0.25, 0.3) is 0 Å². The van der Waals surface area contributed by atoms with Crippen LogP contribution < -0.4 is 15.7 Å². The average molecular weight is 469 g/mol. The number of aromatic nitrogens is 2. The molecule has 0 spiro atoms. The molecule has 0 fully saturated rings. The number of para-hydroxylation sites is 2. The fraction of sp³-hybridized carbons (Fsp3) is 0.217. The number of rotatable bonds is 9. The maximum absolute atomic E-state index is 12.9. The standard InChI is InChI=1S/C23H24N4O5S/c1-2-12-26-20-10-3-4-11-21(20)27(23(26)29)16-22(28)25-17-7-5-9-19(14-17)33(30,31)24-15-18-8-6-13-32-18/h3-11,13-14,24H,2,12,15-16H2,1H3,(H,25,28). The Labute approximate surface area is 190 Å². The molecule has 172 valence electrons. The third kappa shape index (κ3) is 4.91. The Morgan fingerprint density at radius 3 is 2.45 bits per heavy atom. The molecule has 10 heteroatoms. The van der Waals surface area contributed by atoms with Crippen LogP contribution in [0.15, 0.2) is 81.0 Å². The van der Waals surface area contributed by atoms with Gasteiger partial charge in [-0.3, -0.25) is 13.9 Å². The molecular weight excluding hydrogens is 444 g/mol. The summed E-state index contributed by atoms with van der Waals surface area (Å²) in [5.74, 6) is 0.0466. The van der Waals surface area contributed by atoms with Crippen molar-refractivity contribution in [1.29, 1.82) is 0 Å². The zero-order chi connectivity index (χ0) is 23.4. The summed E-state index contributed by atoms with van der Waals surface area (Å²) >= 11 is 0. The van der Waals surface area contributed by atoms with E-state index in [2.05, 4.69) is 10.0 Å². The molecule has 0 aliphatic rings. The molecule has 0 saturated carbocycles. The lowest BCUT2D eigenvalue weighted by molar-refractivity contribution is -0.116. The van der Waals surface area contributed by atoms with E-state index in [0.717, 1.165) is 11.9 Å². The Morgan fingerprint density at radius 2 is 1.76 bits per heavy atom. The van der Waals surface area contributed by atoms with Crippen molar-refractivity contribution in [1.82, 2.24) is 13.9 Å². The number of carbonyl (C=O) groups is 1. The Hall–Kier alpha value is -3.63. The Bertz CT molecular complexity index is 1440. The Kier molecular flexibility index (Phi) is 6.47. The van der Waals surface area contributed by atoms with E-state index in [-0.39, 0.29) is 23.7 Å². The SMILES string of the molecule is CCCn1c(=O)n(CC(=O)Nc2cccc(S(=O)(=O)NCc3ccco3)c2)c2ccccc21. The van der Waals surface area contributed by atoms with Gasteiger partial charge in [-0.2, -0.15) is 0 Å². The zero-order valence-electron chi connectivity index (χ0n) is 18.0. The average Bonchev–Trinajstić information content (AvgIpc) is 3.41. The molecule has 2 aromatic carbocycles. The first-order chi connectivity index (χ1) is 15.9. The number of amides is 1. The fourth-order valence-corrected chi connectivity index (χ4v) is 4.65. The molecule has 33 heavy (non-hydrogen) atoms. The maximum Gasteiger partial charge on any atom is 0.329 e. The molecular formula is C23H24N4O5S. The lowest BCUT2D eigenvalue weighted by Crippen LogP contribution is -2.29. The first-order valence-electron chi connectivity index (χ1n) is 10.5. The molecule has 1 amide bonds. The van der Waals surface area contributed by atoms with Crippen molar-refractivity contribution < 1.29 is 17.6 Å². The summed E-state index contributed by atoms with van der Waals surface area (Å²) < 4.78 is 35.9. The van der Waals surface area contributed by atoms with Gasteiger partial charge in [0.05, 0.1) is 28.7 Å². The topological polar surface area (TPSA) is 115 Å². The van der Waals surface area contributed by atoms with Gasteiger partial charge in [0.2, 0.25) is 15.9 Å². The number of hydrogen-bond donors (Lipinski definition) is 2. The van der Waals surface area contributed by atoms with Crippen LogP contribution >= 0.6 is 0 Å². The molecule has 0 unspecified atom stereocenters. The van der Waals surface area contributed by atoms with E-state index in [1.165, 1.54) is 29.0 Å². The van der Waals surface area contributed by atoms with E-state index >= 15 is 0 Å². The van der Waals surface area contributed by atoms with Crippen LogP contribution in [0.25, 0.3) is 11.0 Å². The summed E-state index contributed by atoms with van der Waals surface area (Å²) in [6.45, 7) is 2.36. The lowest BCUT2D eigenvalue weighted by Gasteiger charge is -2.09. The second kappa shape index (κ2) is 9.47. The minimum absolute atomic E-state index is 0.00331. The highest BCUT2D eigenvalue weighted by molar-refractivity contribution is 7.89. The molecule has 4 aromatic rings. The van der Waals surface area contributed by atoms with E-state index in [0.29, 0.717) is 23.5 Å². The van der Waals surface area contributed by atoms with Gasteiger partial charge in [-0.15, -0.1) is 0 Å². The first-order valence-corrected chi connectivity index (χ1v) is 12.0. The van der Waals surface area contributed by atoms with Gasteiger partial charge in [-0.25, -0.2) is 17.9 Å². The number of fused-ring (bicyclic) bond motifs is 1. The van der Waals surface area contributed by atoms with Crippen molar-refractivity contribution in [2.24, 2.45) is 0 Å². The van der Waals surface area contributed by atoms with Crippen LogP contribution in [0.3, 0.4) is 0 Å². The van der Waals surface area contributed by atoms with Crippen LogP contribution in [0, 0.1) is 0 Å². The first kappa shape index (κ1) is 22.6. The summed E-state index contributed by atoms with van der Waals surface area (Å²) in [6.07, 6.45) is 2.25. The summed E-state index contributed by atoms with van der Waals surface area (Å²) in [5.41, 5.74) is 1.50. The number of furan rings is 1. The quantitative estimate of drug-likeness (QED) is 0.392. The molecule has 0 aliphatic carbocycles. The van der Waals surface area contributed by atoms with Gasteiger partial charge in [0, 0.05) is 12.2 Å². The highest BCUT2D eigenvalue weighted by Gasteiger charge is 2.17. The number of hydrogen-bond acceptors (Lipinski definition) is 5. The molecule has 0 radical (unpaired) electrons. The second-order valence-electron chi connectivity index (χ2n) is 7.49. The van der Waals surface area contributed by atoms with E-state index in [1.54, 1.807) is 28.8 Å². The van der Waals surface area contributed by atoms with Crippen molar-refractivity contribution in [2.75, 3.05) is 5.32 Å². The van der Waals surface area contributed by atoms with Crippen LogP contribution in [-0.4, -0.2) is 23.5 Å². The fourth-order valence-electron chi connectivity index (χ4n) is 3.61. The minimum Gasteiger partial charge on any atom is -0.468 e. The van der Waals surface area contributed by atoms with Crippen molar-refractivity contribution in [3.63, 3.8) is 0 Å². The Balaban J connectivity index is 1.51. The number of anilines is 1. The highest BCUT2D eigenvalue weighted by Crippen LogP contribution is 2.17. The molecule has 9 nitrogen and oxygen atoms in total. The number of nitrogens with zero attached hydrogens (tertiary/aromatic N) is 2. The molecule has 0 atom stereocenters. The predicted molar refractivity (Wildman–Crippen MR) is 124 cm³/mol. The number of carbonyl (C=O) groups excluding carboxylic acids is 1. The zero-order valence-corrected chi connectivity index (χ0v) is 18.8. The summed E-state index contributed by atoms with van der Waals surface area (Å²) in [4.78, 5) is 25.6. The van der Waals surface area contributed by atoms with Gasteiger partial charge < -0.3 is 9.73 Å². The van der Waals surface area contributed by atoms with Gasteiger partial charge in [-0.05, 0) is 48.9 Å². The van der Waals surface area contributed by atoms with Crippen LogP contribution in [0.1, 0.15) is 19.1 Å². The third-order valence-corrected chi connectivity index (χ3v) is 6.52.